The van der Waals surface area contributed by atoms with Crippen LogP contribution in [0.4, 0.5) is 6.01 Å². The molecule has 0 spiro atoms. The van der Waals surface area contributed by atoms with E-state index >= 15 is 0 Å². The average Bonchev–Trinajstić information content (AvgIpc) is 3.53. The minimum absolute atomic E-state index is 0.0187. The van der Waals surface area contributed by atoms with Gasteiger partial charge in [0.2, 0.25) is 11.7 Å². The van der Waals surface area contributed by atoms with E-state index in [0.29, 0.717) is 44.8 Å². The standard InChI is InChI=1S/C26H30N7O3/c1-30-22-9-8-20(14-23(22)31(2)29-30)24-27-26(36-28-24)32-12-10-19(11-13-32)25(34)33-15-21(16-35-17-33)18-6-4-3-5-7-18/h3-9,14,19,21H,10-13,15-17H2,1-2H3/q+1/t21-/m0/s1. The van der Waals surface area contributed by atoms with Crippen LogP contribution in [-0.4, -0.2) is 63.8 Å². The maximum atomic E-state index is 13.3. The van der Waals surface area contributed by atoms with E-state index in [4.69, 9.17) is 9.26 Å². The van der Waals surface area contributed by atoms with Crippen LogP contribution in [0.15, 0.2) is 53.1 Å². The SMILES string of the molecule is Cn1n[n+](C)c2ccc(-c3noc(N4CCC(C(=O)N5COC[C@@H](c6ccccc6)C5)CC4)n3)cc21. The van der Waals surface area contributed by atoms with E-state index in [-0.39, 0.29) is 17.7 Å². The summed E-state index contributed by atoms with van der Waals surface area (Å²) in [6.45, 7) is 3.12. The molecule has 36 heavy (non-hydrogen) atoms. The molecule has 1 atom stereocenters. The van der Waals surface area contributed by atoms with Crippen molar-refractivity contribution < 1.29 is 18.7 Å². The molecule has 2 aromatic carbocycles. The van der Waals surface area contributed by atoms with Gasteiger partial charge in [-0.1, -0.05) is 35.5 Å². The van der Waals surface area contributed by atoms with E-state index in [2.05, 4.69) is 32.4 Å². The van der Waals surface area contributed by atoms with Crippen molar-refractivity contribution in [3.05, 3.63) is 54.1 Å². The topological polar surface area (TPSA) is 93.4 Å². The Morgan fingerprint density at radius 2 is 1.92 bits per heavy atom. The smallest absolute Gasteiger partial charge is 0.324 e. The fraction of sp³-hybridized carbons (Fsp3) is 0.423. The van der Waals surface area contributed by atoms with E-state index in [1.165, 1.54) is 5.56 Å². The molecule has 0 unspecified atom stereocenters. The summed E-state index contributed by atoms with van der Waals surface area (Å²) < 4.78 is 15.1. The molecule has 10 heteroatoms. The molecule has 2 aliphatic heterocycles. The fourth-order valence-electron chi connectivity index (χ4n) is 5.29. The van der Waals surface area contributed by atoms with Crippen LogP contribution in [0.1, 0.15) is 24.3 Å². The van der Waals surface area contributed by atoms with Gasteiger partial charge in [-0.3, -0.25) is 4.79 Å². The highest BCUT2D eigenvalue weighted by molar-refractivity contribution is 5.79. The van der Waals surface area contributed by atoms with Gasteiger partial charge in [-0.05, 0) is 30.5 Å². The zero-order valence-electron chi connectivity index (χ0n) is 20.6. The largest absolute Gasteiger partial charge is 0.360 e. The molecule has 2 aliphatic rings. The van der Waals surface area contributed by atoms with E-state index < -0.39 is 0 Å². The molecule has 2 saturated heterocycles. The zero-order valence-corrected chi connectivity index (χ0v) is 20.6. The van der Waals surface area contributed by atoms with Crippen molar-refractivity contribution in [2.45, 2.75) is 18.8 Å². The highest BCUT2D eigenvalue weighted by Crippen LogP contribution is 2.28. The van der Waals surface area contributed by atoms with Crippen molar-refractivity contribution in [1.82, 2.24) is 24.9 Å². The van der Waals surface area contributed by atoms with Gasteiger partial charge in [0.05, 0.1) is 11.8 Å². The van der Waals surface area contributed by atoms with Gasteiger partial charge in [0, 0.05) is 43.1 Å². The first-order valence-corrected chi connectivity index (χ1v) is 12.4. The zero-order chi connectivity index (χ0) is 24.6. The van der Waals surface area contributed by atoms with Gasteiger partial charge >= 0.3 is 6.01 Å². The van der Waals surface area contributed by atoms with Crippen molar-refractivity contribution in [3.8, 4) is 11.4 Å². The lowest BCUT2D eigenvalue weighted by molar-refractivity contribution is -0.708. The second-order valence-corrected chi connectivity index (χ2v) is 9.67. The molecule has 2 aromatic heterocycles. The van der Waals surface area contributed by atoms with Crippen molar-refractivity contribution >= 4 is 23.0 Å². The summed E-state index contributed by atoms with van der Waals surface area (Å²) in [4.78, 5) is 21.9. The number of nitrogens with zero attached hydrogens (tertiary/aromatic N) is 7. The van der Waals surface area contributed by atoms with Gasteiger partial charge in [0.25, 0.3) is 0 Å². The van der Waals surface area contributed by atoms with Gasteiger partial charge in [-0.25, -0.2) is 0 Å². The number of hydrogen-bond acceptors (Lipinski definition) is 7. The third kappa shape index (κ3) is 4.21. The summed E-state index contributed by atoms with van der Waals surface area (Å²) in [6, 6.07) is 16.8. The Morgan fingerprint density at radius 1 is 1.11 bits per heavy atom. The van der Waals surface area contributed by atoms with Crippen LogP contribution < -0.4 is 9.58 Å². The molecular weight excluding hydrogens is 458 g/mol. The van der Waals surface area contributed by atoms with Gasteiger partial charge in [0.1, 0.15) is 20.8 Å². The van der Waals surface area contributed by atoms with E-state index in [1.807, 2.05) is 64.8 Å². The Balaban J connectivity index is 1.09. The van der Waals surface area contributed by atoms with E-state index in [1.54, 1.807) is 0 Å². The third-order valence-corrected chi connectivity index (χ3v) is 7.32. The Bertz CT molecular complexity index is 1370. The van der Waals surface area contributed by atoms with Gasteiger partial charge in [0.15, 0.2) is 11.0 Å². The maximum absolute atomic E-state index is 13.3. The minimum atomic E-state index is -0.0187. The number of hydrogen-bond donors (Lipinski definition) is 0. The quantitative estimate of drug-likeness (QED) is 0.407. The summed E-state index contributed by atoms with van der Waals surface area (Å²) in [5, 5.41) is 8.61. The molecule has 4 aromatic rings. The van der Waals surface area contributed by atoms with Gasteiger partial charge in [-0.2, -0.15) is 4.98 Å². The van der Waals surface area contributed by atoms with Crippen LogP contribution in [0.25, 0.3) is 22.4 Å². The Kier molecular flexibility index (Phi) is 5.88. The molecule has 1 amide bonds. The van der Waals surface area contributed by atoms with Crippen LogP contribution in [0.2, 0.25) is 0 Å². The number of ether oxygens (including phenoxy) is 1. The molecule has 0 bridgehead atoms. The van der Waals surface area contributed by atoms with Gasteiger partial charge in [-0.15, -0.1) is 9.36 Å². The first kappa shape index (κ1) is 22.7. The minimum Gasteiger partial charge on any atom is -0.360 e. The Labute approximate surface area is 209 Å². The molecule has 0 saturated carbocycles. The third-order valence-electron chi connectivity index (χ3n) is 7.32. The summed E-state index contributed by atoms with van der Waals surface area (Å²) in [5.74, 6) is 0.925. The second-order valence-electron chi connectivity index (χ2n) is 9.67. The highest BCUT2D eigenvalue weighted by Gasteiger charge is 2.33. The number of aryl methyl sites for hydroxylation is 2. The number of rotatable bonds is 4. The summed E-state index contributed by atoms with van der Waals surface area (Å²) in [6.07, 6.45) is 1.50. The monoisotopic (exact) mass is 488 g/mol. The van der Waals surface area contributed by atoms with Crippen molar-refractivity contribution in [2.24, 2.45) is 20.0 Å². The molecule has 186 valence electrons. The number of carbonyl (C=O) groups is 1. The van der Waals surface area contributed by atoms with Gasteiger partial charge < -0.3 is 19.1 Å². The van der Waals surface area contributed by atoms with E-state index in [0.717, 1.165) is 29.4 Å². The second kappa shape index (κ2) is 9.34. The van der Waals surface area contributed by atoms with Crippen LogP contribution >= 0.6 is 0 Å². The lowest BCUT2D eigenvalue weighted by Gasteiger charge is -2.37. The number of piperidine rings is 1. The lowest BCUT2D eigenvalue weighted by Crippen LogP contribution is -2.47. The summed E-state index contributed by atoms with van der Waals surface area (Å²) >= 11 is 0. The average molecular weight is 489 g/mol. The predicted molar refractivity (Wildman–Crippen MR) is 132 cm³/mol. The summed E-state index contributed by atoms with van der Waals surface area (Å²) in [5.41, 5.74) is 4.13. The predicted octanol–water partition coefficient (Wildman–Crippen LogP) is 2.26. The molecular formula is C26H30N7O3+. The molecule has 10 nitrogen and oxygen atoms in total. The molecule has 6 rings (SSSR count). The number of anilines is 1. The highest BCUT2D eigenvalue weighted by atomic mass is 16.5. The summed E-state index contributed by atoms with van der Waals surface area (Å²) in [7, 11) is 3.83. The Hall–Kier alpha value is -3.79. The van der Waals surface area contributed by atoms with Crippen LogP contribution in [0, 0.1) is 5.92 Å². The molecule has 0 N–H and O–H groups in total. The molecule has 4 heterocycles. The molecule has 2 fully saturated rings. The molecule has 0 radical (unpaired) electrons. The Morgan fingerprint density at radius 3 is 2.72 bits per heavy atom. The first-order chi connectivity index (χ1) is 17.6. The first-order valence-electron chi connectivity index (χ1n) is 12.4. The van der Waals surface area contributed by atoms with Crippen LogP contribution in [-0.2, 0) is 23.6 Å². The molecule has 0 aliphatic carbocycles. The number of fused-ring (bicyclic) bond motifs is 1. The number of benzene rings is 2. The number of amides is 1. The van der Waals surface area contributed by atoms with Crippen molar-refractivity contribution in [3.63, 3.8) is 0 Å². The fourth-order valence-corrected chi connectivity index (χ4v) is 5.29. The van der Waals surface area contributed by atoms with Crippen molar-refractivity contribution in [2.75, 3.05) is 37.9 Å². The number of carbonyl (C=O) groups excluding carboxylic acids is 1. The van der Waals surface area contributed by atoms with E-state index in [9.17, 15) is 4.79 Å². The number of aromatic nitrogens is 5. The van der Waals surface area contributed by atoms with Crippen molar-refractivity contribution in [1.29, 1.82) is 0 Å². The van der Waals surface area contributed by atoms with Crippen LogP contribution in [0.5, 0.6) is 0 Å². The lowest BCUT2D eigenvalue weighted by atomic mass is 9.93. The normalized spacial score (nSPS) is 19.2. The van der Waals surface area contributed by atoms with Crippen LogP contribution in [0.3, 0.4) is 0 Å². The maximum Gasteiger partial charge on any atom is 0.324 e.